The summed E-state index contributed by atoms with van der Waals surface area (Å²) in [6, 6.07) is 23.6. The van der Waals surface area contributed by atoms with Crippen LogP contribution in [0.15, 0.2) is 83.4 Å². The van der Waals surface area contributed by atoms with E-state index < -0.39 is 17.1 Å². The molecule has 1 saturated heterocycles. The second kappa shape index (κ2) is 11.8. The Morgan fingerprint density at radius 1 is 1.00 bits per heavy atom. The minimum absolute atomic E-state index is 0.130. The van der Waals surface area contributed by atoms with Crippen molar-refractivity contribution in [1.29, 1.82) is 5.26 Å². The zero-order valence-electron chi connectivity index (χ0n) is 21.4. The van der Waals surface area contributed by atoms with Crippen LogP contribution in [0.3, 0.4) is 0 Å². The standard InChI is InChI=1S/C30H27N3O4S/c1-4-37-30(36)22-15-13-21(14-16-22)17-25-28(35)33(23-11-6-5-7-12-23)29(38-25)24(18-31)27(34)32-26-19(2)9-8-10-20(26)3/h5-16,25H,4,17H2,1-3H3,(H,32,34)/b29-24-/t25-/m0/s1. The fourth-order valence-corrected chi connectivity index (χ4v) is 5.50. The number of thioether (sulfide) groups is 1. The van der Waals surface area contributed by atoms with Gasteiger partial charge in [-0.1, -0.05) is 60.3 Å². The number of esters is 1. The fourth-order valence-electron chi connectivity index (χ4n) is 4.19. The Morgan fingerprint density at radius 3 is 2.26 bits per heavy atom. The molecular weight excluding hydrogens is 498 g/mol. The predicted molar refractivity (Wildman–Crippen MR) is 149 cm³/mol. The van der Waals surface area contributed by atoms with Gasteiger partial charge in [0, 0.05) is 11.4 Å². The molecule has 0 radical (unpaired) electrons. The Bertz CT molecular complexity index is 1420. The lowest BCUT2D eigenvalue weighted by molar-refractivity contribution is -0.117. The summed E-state index contributed by atoms with van der Waals surface area (Å²) in [4.78, 5) is 40.4. The third kappa shape index (κ3) is 5.63. The van der Waals surface area contributed by atoms with Crippen LogP contribution >= 0.6 is 11.8 Å². The minimum Gasteiger partial charge on any atom is -0.462 e. The van der Waals surface area contributed by atoms with Crippen molar-refractivity contribution >= 4 is 40.9 Å². The molecule has 0 spiro atoms. The summed E-state index contributed by atoms with van der Waals surface area (Å²) in [6.07, 6.45) is 0.358. The number of benzene rings is 3. The van der Waals surface area contributed by atoms with Crippen molar-refractivity contribution < 1.29 is 19.1 Å². The van der Waals surface area contributed by atoms with Gasteiger partial charge in [0.2, 0.25) is 5.91 Å². The maximum absolute atomic E-state index is 13.6. The number of nitriles is 1. The summed E-state index contributed by atoms with van der Waals surface area (Å²) in [5.74, 6) is -1.20. The number of hydrogen-bond acceptors (Lipinski definition) is 6. The Balaban J connectivity index is 1.67. The Morgan fingerprint density at radius 2 is 1.66 bits per heavy atom. The Labute approximate surface area is 226 Å². The average molecular weight is 526 g/mol. The first kappa shape index (κ1) is 26.7. The average Bonchev–Trinajstić information content (AvgIpc) is 3.23. The van der Waals surface area contributed by atoms with Crippen LogP contribution in [0.5, 0.6) is 0 Å². The molecule has 38 heavy (non-hydrogen) atoms. The molecule has 2 amide bonds. The van der Waals surface area contributed by atoms with Crippen LogP contribution in [-0.2, 0) is 20.7 Å². The molecule has 0 aliphatic carbocycles. The van der Waals surface area contributed by atoms with Gasteiger partial charge in [-0.3, -0.25) is 14.5 Å². The van der Waals surface area contributed by atoms with Gasteiger partial charge in [0.1, 0.15) is 16.7 Å². The van der Waals surface area contributed by atoms with Gasteiger partial charge in [0.05, 0.1) is 17.4 Å². The summed E-state index contributed by atoms with van der Waals surface area (Å²) < 4.78 is 5.04. The quantitative estimate of drug-likeness (QED) is 0.247. The van der Waals surface area contributed by atoms with Gasteiger partial charge in [0.25, 0.3) is 5.91 Å². The van der Waals surface area contributed by atoms with Gasteiger partial charge in [0.15, 0.2) is 0 Å². The van der Waals surface area contributed by atoms with E-state index >= 15 is 0 Å². The number of nitrogens with one attached hydrogen (secondary N) is 1. The first-order valence-electron chi connectivity index (χ1n) is 12.2. The van der Waals surface area contributed by atoms with Crippen molar-refractivity contribution in [1.82, 2.24) is 0 Å². The molecule has 1 aliphatic rings. The molecule has 1 fully saturated rings. The normalized spacial score (nSPS) is 16.1. The predicted octanol–water partition coefficient (Wildman–Crippen LogP) is 5.55. The van der Waals surface area contributed by atoms with Crippen LogP contribution in [0.2, 0.25) is 0 Å². The van der Waals surface area contributed by atoms with Crippen LogP contribution in [0.25, 0.3) is 0 Å². The van der Waals surface area contributed by atoms with E-state index in [-0.39, 0.29) is 18.1 Å². The Kier molecular flexibility index (Phi) is 8.29. The lowest BCUT2D eigenvalue weighted by Crippen LogP contribution is -2.31. The molecule has 3 aromatic rings. The molecular formula is C30H27N3O4S. The van der Waals surface area contributed by atoms with Crippen molar-refractivity contribution in [2.45, 2.75) is 32.4 Å². The number of nitrogens with zero attached hydrogens (tertiary/aromatic N) is 2. The number of para-hydroxylation sites is 2. The number of aryl methyl sites for hydroxylation is 2. The van der Waals surface area contributed by atoms with Crippen LogP contribution in [0, 0.1) is 25.2 Å². The van der Waals surface area contributed by atoms with Gasteiger partial charge < -0.3 is 10.1 Å². The van der Waals surface area contributed by atoms with Gasteiger partial charge in [-0.25, -0.2) is 4.79 Å². The molecule has 1 heterocycles. The second-order valence-electron chi connectivity index (χ2n) is 8.75. The highest BCUT2D eigenvalue weighted by molar-refractivity contribution is 8.05. The van der Waals surface area contributed by atoms with E-state index in [4.69, 9.17) is 4.74 Å². The molecule has 1 atom stereocenters. The van der Waals surface area contributed by atoms with E-state index in [9.17, 15) is 19.6 Å². The van der Waals surface area contributed by atoms with Crippen molar-refractivity contribution in [3.8, 4) is 6.07 Å². The molecule has 192 valence electrons. The number of carbonyl (C=O) groups is 3. The molecule has 0 aromatic heterocycles. The highest BCUT2D eigenvalue weighted by atomic mass is 32.2. The van der Waals surface area contributed by atoms with Crippen LogP contribution in [0.1, 0.15) is 34.0 Å². The summed E-state index contributed by atoms with van der Waals surface area (Å²) in [5.41, 5.74) is 4.12. The van der Waals surface area contributed by atoms with Gasteiger partial charge in [-0.15, -0.1) is 0 Å². The van der Waals surface area contributed by atoms with E-state index in [2.05, 4.69) is 5.32 Å². The first-order chi connectivity index (χ1) is 18.3. The van der Waals surface area contributed by atoms with Gasteiger partial charge in [-0.2, -0.15) is 5.26 Å². The third-order valence-electron chi connectivity index (χ3n) is 6.13. The zero-order valence-corrected chi connectivity index (χ0v) is 22.2. The number of ether oxygens (including phenoxy) is 1. The second-order valence-corrected chi connectivity index (χ2v) is 9.94. The summed E-state index contributed by atoms with van der Waals surface area (Å²) in [6.45, 7) is 5.80. The molecule has 4 rings (SSSR count). The molecule has 0 unspecified atom stereocenters. The number of anilines is 2. The van der Waals surface area contributed by atoms with E-state index in [1.807, 2.05) is 44.2 Å². The fraction of sp³-hybridized carbons (Fsp3) is 0.200. The van der Waals surface area contributed by atoms with Gasteiger partial charge >= 0.3 is 5.97 Å². The number of rotatable bonds is 7. The molecule has 1 N–H and O–H groups in total. The van der Waals surface area contributed by atoms with Crippen LogP contribution in [-0.4, -0.2) is 29.6 Å². The number of carbonyl (C=O) groups excluding carboxylic acids is 3. The van der Waals surface area contributed by atoms with Crippen molar-refractivity contribution in [3.63, 3.8) is 0 Å². The highest BCUT2D eigenvalue weighted by Gasteiger charge is 2.40. The molecule has 0 saturated carbocycles. The summed E-state index contributed by atoms with van der Waals surface area (Å²) >= 11 is 1.20. The zero-order chi connectivity index (χ0) is 27.2. The number of amides is 2. The van der Waals surface area contributed by atoms with E-state index in [0.29, 0.717) is 28.4 Å². The van der Waals surface area contributed by atoms with Crippen molar-refractivity contribution in [3.05, 3.63) is 106 Å². The highest BCUT2D eigenvalue weighted by Crippen LogP contribution is 2.42. The Hall–Kier alpha value is -4.35. The third-order valence-corrected chi connectivity index (χ3v) is 7.39. The molecule has 1 aliphatic heterocycles. The number of hydrogen-bond donors (Lipinski definition) is 1. The smallest absolute Gasteiger partial charge is 0.338 e. The molecule has 0 bridgehead atoms. The minimum atomic E-state index is -0.569. The van der Waals surface area contributed by atoms with Gasteiger partial charge in [-0.05, 0) is 68.1 Å². The summed E-state index contributed by atoms with van der Waals surface area (Å²) in [7, 11) is 0. The first-order valence-corrected chi connectivity index (χ1v) is 13.1. The van der Waals surface area contributed by atoms with E-state index in [0.717, 1.165) is 16.7 Å². The monoisotopic (exact) mass is 525 g/mol. The molecule has 3 aromatic carbocycles. The summed E-state index contributed by atoms with van der Waals surface area (Å²) in [5, 5.41) is 12.7. The largest absolute Gasteiger partial charge is 0.462 e. The maximum Gasteiger partial charge on any atom is 0.338 e. The lowest BCUT2D eigenvalue weighted by Gasteiger charge is -2.19. The van der Waals surface area contributed by atoms with Crippen LogP contribution < -0.4 is 10.2 Å². The molecule has 7 nitrogen and oxygen atoms in total. The SMILES string of the molecule is CCOC(=O)c1ccc(C[C@@H]2S/C(=C(/C#N)C(=O)Nc3c(C)cccc3C)N(c3ccccc3)C2=O)cc1. The molecule has 8 heteroatoms. The van der Waals surface area contributed by atoms with Crippen molar-refractivity contribution in [2.75, 3.05) is 16.8 Å². The van der Waals surface area contributed by atoms with E-state index in [1.54, 1.807) is 55.5 Å². The maximum atomic E-state index is 13.6. The van der Waals surface area contributed by atoms with Crippen LogP contribution in [0.4, 0.5) is 11.4 Å². The lowest BCUT2D eigenvalue weighted by atomic mass is 10.1. The van der Waals surface area contributed by atoms with E-state index in [1.165, 1.54) is 16.7 Å². The topological polar surface area (TPSA) is 99.5 Å². The van der Waals surface area contributed by atoms with Crippen molar-refractivity contribution in [2.24, 2.45) is 0 Å².